The molecular weight excluding hydrogens is 206 g/mol. The van der Waals surface area contributed by atoms with Crippen LogP contribution in [0.25, 0.3) is 21.6 Å². The molecule has 0 aliphatic carbocycles. The molecule has 0 saturated carbocycles. The van der Waals surface area contributed by atoms with Crippen molar-refractivity contribution in [3.8, 4) is 10.6 Å². The maximum absolute atomic E-state index is 4.50. The van der Waals surface area contributed by atoms with Gasteiger partial charge in [0.05, 0.1) is 10.6 Å². The van der Waals surface area contributed by atoms with Crippen molar-refractivity contribution in [2.45, 2.75) is 6.92 Å². The molecule has 0 amide bonds. The molecule has 0 saturated heterocycles. The largest absolute Gasteiger partial charge is 0.346 e. The summed E-state index contributed by atoms with van der Waals surface area (Å²) in [6, 6.07) is 6.14. The molecular formula is C11H9N3S. The van der Waals surface area contributed by atoms with Crippen LogP contribution in [0.15, 0.2) is 29.8 Å². The molecule has 0 aliphatic heterocycles. The first-order chi connectivity index (χ1) is 7.34. The second kappa shape index (κ2) is 3.17. The fraction of sp³-hybridized carbons (Fsp3) is 0.0909. The maximum atomic E-state index is 4.50. The second-order valence-electron chi connectivity index (χ2n) is 3.34. The molecule has 4 heteroatoms. The minimum absolute atomic E-state index is 0.799. The highest BCUT2D eigenvalue weighted by Gasteiger charge is 2.08. The standard InChI is InChI=1S/C11H9N3S/c1-7-13-10(9-3-2-6-15-9)8-4-5-12-11(8)14-7/h2-6H,1H3,(H,12,13,14). The van der Waals surface area contributed by atoms with Crippen LogP contribution in [-0.2, 0) is 0 Å². The Kier molecular flexibility index (Phi) is 1.82. The lowest BCUT2D eigenvalue weighted by atomic mass is 10.2. The average Bonchev–Trinajstić information content (AvgIpc) is 2.86. The number of fused-ring (bicyclic) bond motifs is 1. The Morgan fingerprint density at radius 1 is 1.27 bits per heavy atom. The van der Waals surface area contributed by atoms with Gasteiger partial charge in [0.2, 0.25) is 0 Å². The van der Waals surface area contributed by atoms with Crippen molar-refractivity contribution >= 4 is 22.4 Å². The Labute approximate surface area is 90.8 Å². The van der Waals surface area contributed by atoms with Crippen LogP contribution in [0.5, 0.6) is 0 Å². The molecule has 0 bridgehead atoms. The number of nitrogens with one attached hydrogen (secondary N) is 1. The monoisotopic (exact) mass is 215 g/mol. The molecule has 0 aliphatic rings. The number of hydrogen-bond acceptors (Lipinski definition) is 3. The Morgan fingerprint density at radius 3 is 3.00 bits per heavy atom. The Hall–Kier alpha value is -1.68. The molecule has 3 aromatic heterocycles. The van der Waals surface area contributed by atoms with Crippen molar-refractivity contribution < 1.29 is 0 Å². The van der Waals surface area contributed by atoms with Gasteiger partial charge in [0.15, 0.2) is 0 Å². The summed E-state index contributed by atoms with van der Waals surface area (Å²) in [7, 11) is 0. The van der Waals surface area contributed by atoms with Gasteiger partial charge in [-0.05, 0) is 24.4 Å². The van der Waals surface area contributed by atoms with E-state index in [2.05, 4.69) is 26.4 Å². The van der Waals surface area contributed by atoms with E-state index in [1.165, 1.54) is 4.88 Å². The van der Waals surface area contributed by atoms with Crippen LogP contribution in [0.1, 0.15) is 5.82 Å². The molecule has 1 N–H and O–H groups in total. The number of nitrogens with zero attached hydrogens (tertiary/aromatic N) is 2. The number of H-pyrrole nitrogens is 1. The zero-order valence-corrected chi connectivity index (χ0v) is 9.01. The van der Waals surface area contributed by atoms with E-state index in [9.17, 15) is 0 Å². The van der Waals surface area contributed by atoms with Gasteiger partial charge in [-0.1, -0.05) is 6.07 Å². The number of hydrogen-bond donors (Lipinski definition) is 1. The number of thiophene rings is 1. The van der Waals surface area contributed by atoms with Crippen LogP contribution in [-0.4, -0.2) is 15.0 Å². The van der Waals surface area contributed by atoms with E-state index in [0.29, 0.717) is 0 Å². The average molecular weight is 215 g/mol. The van der Waals surface area contributed by atoms with Crippen molar-refractivity contribution in [3.05, 3.63) is 35.6 Å². The zero-order valence-electron chi connectivity index (χ0n) is 8.19. The van der Waals surface area contributed by atoms with E-state index < -0.39 is 0 Å². The summed E-state index contributed by atoms with van der Waals surface area (Å²) in [5, 5.41) is 3.15. The number of aromatic amines is 1. The molecule has 3 heterocycles. The van der Waals surface area contributed by atoms with Gasteiger partial charge in [-0.15, -0.1) is 11.3 Å². The van der Waals surface area contributed by atoms with Crippen LogP contribution in [0, 0.1) is 6.92 Å². The molecule has 3 aromatic rings. The molecule has 3 nitrogen and oxygen atoms in total. The highest BCUT2D eigenvalue weighted by atomic mass is 32.1. The van der Waals surface area contributed by atoms with E-state index in [-0.39, 0.29) is 0 Å². The van der Waals surface area contributed by atoms with Gasteiger partial charge in [0.25, 0.3) is 0 Å². The van der Waals surface area contributed by atoms with Crippen molar-refractivity contribution in [1.82, 2.24) is 15.0 Å². The van der Waals surface area contributed by atoms with Gasteiger partial charge >= 0.3 is 0 Å². The third-order valence-corrected chi connectivity index (χ3v) is 3.16. The molecule has 0 aromatic carbocycles. The summed E-state index contributed by atoms with van der Waals surface area (Å²) >= 11 is 1.70. The second-order valence-corrected chi connectivity index (χ2v) is 4.28. The normalized spacial score (nSPS) is 11.0. The summed E-state index contributed by atoms with van der Waals surface area (Å²) in [6.45, 7) is 1.91. The van der Waals surface area contributed by atoms with Crippen LogP contribution in [0.2, 0.25) is 0 Å². The SMILES string of the molecule is Cc1nc(-c2cccs2)c2cc[nH]c2n1. The van der Waals surface area contributed by atoms with Gasteiger partial charge in [0.1, 0.15) is 11.5 Å². The smallest absolute Gasteiger partial charge is 0.141 e. The first-order valence-electron chi connectivity index (χ1n) is 4.70. The zero-order chi connectivity index (χ0) is 10.3. The summed E-state index contributed by atoms with van der Waals surface area (Å²) < 4.78 is 0. The van der Waals surface area contributed by atoms with Crippen molar-refractivity contribution in [2.75, 3.05) is 0 Å². The van der Waals surface area contributed by atoms with Gasteiger partial charge < -0.3 is 4.98 Å². The topological polar surface area (TPSA) is 41.6 Å². The minimum Gasteiger partial charge on any atom is -0.346 e. The van der Waals surface area contributed by atoms with Crippen molar-refractivity contribution in [3.63, 3.8) is 0 Å². The first-order valence-corrected chi connectivity index (χ1v) is 5.58. The summed E-state index contributed by atoms with van der Waals surface area (Å²) in [5.74, 6) is 0.799. The Morgan fingerprint density at radius 2 is 2.20 bits per heavy atom. The van der Waals surface area contributed by atoms with E-state index in [4.69, 9.17) is 0 Å². The molecule has 0 spiro atoms. The summed E-state index contributed by atoms with van der Waals surface area (Å²) in [6.07, 6.45) is 1.90. The fourth-order valence-corrected chi connectivity index (χ4v) is 2.38. The van der Waals surface area contributed by atoms with E-state index in [1.807, 2.05) is 25.3 Å². The number of aryl methyl sites for hydroxylation is 1. The number of rotatable bonds is 1. The van der Waals surface area contributed by atoms with Crippen LogP contribution >= 0.6 is 11.3 Å². The molecule has 0 fully saturated rings. The third kappa shape index (κ3) is 1.34. The molecule has 0 atom stereocenters. The molecule has 3 rings (SSSR count). The van der Waals surface area contributed by atoms with Gasteiger partial charge in [-0.3, -0.25) is 0 Å². The van der Waals surface area contributed by atoms with Crippen LogP contribution in [0.4, 0.5) is 0 Å². The lowest BCUT2D eigenvalue weighted by Gasteiger charge is -2.00. The highest BCUT2D eigenvalue weighted by Crippen LogP contribution is 2.28. The molecule has 15 heavy (non-hydrogen) atoms. The van der Waals surface area contributed by atoms with Gasteiger partial charge in [0, 0.05) is 11.6 Å². The highest BCUT2D eigenvalue weighted by molar-refractivity contribution is 7.13. The van der Waals surface area contributed by atoms with Crippen LogP contribution in [0.3, 0.4) is 0 Å². The fourth-order valence-electron chi connectivity index (χ4n) is 1.65. The molecule has 0 unspecified atom stereocenters. The minimum atomic E-state index is 0.799. The van der Waals surface area contributed by atoms with Gasteiger partial charge in [-0.2, -0.15) is 0 Å². The predicted octanol–water partition coefficient (Wildman–Crippen LogP) is 2.99. The quantitative estimate of drug-likeness (QED) is 0.678. The van der Waals surface area contributed by atoms with Crippen LogP contribution < -0.4 is 0 Å². The lowest BCUT2D eigenvalue weighted by Crippen LogP contribution is -1.91. The lowest BCUT2D eigenvalue weighted by molar-refractivity contribution is 1.09. The van der Waals surface area contributed by atoms with E-state index in [1.54, 1.807) is 11.3 Å². The Balaban J connectivity index is 2.38. The molecule has 0 radical (unpaired) electrons. The van der Waals surface area contributed by atoms with Gasteiger partial charge in [-0.25, -0.2) is 9.97 Å². The summed E-state index contributed by atoms with van der Waals surface area (Å²) in [5.41, 5.74) is 1.93. The summed E-state index contributed by atoms with van der Waals surface area (Å²) in [4.78, 5) is 13.1. The maximum Gasteiger partial charge on any atom is 0.141 e. The molecule has 74 valence electrons. The first kappa shape index (κ1) is 8.61. The van der Waals surface area contributed by atoms with Crippen molar-refractivity contribution in [1.29, 1.82) is 0 Å². The number of aromatic nitrogens is 3. The van der Waals surface area contributed by atoms with E-state index >= 15 is 0 Å². The van der Waals surface area contributed by atoms with E-state index in [0.717, 1.165) is 22.6 Å². The predicted molar refractivity (Wildman–Crippen MR) is 61.9 cm³/mol. The van der Waals surface area contributed by atoms with Crippen molar-refractivity contribution in [2.24, 2.45) is 0 Å². The Bertz CT molecular complexity index is 595. The third-order valence-electron chi connectivity index (χ3n) is 2.28.